The first kappa shape index (κ1) is 26.9. The summed E-state index contributed by atoms with van der Waals surface area (Å²) in [6, 6.07) is 46.2. The summed E-state index contributed by atoms with van der Waals surface area (Å²) >= 11 is 0. The number of rotatable bonds is 1. The number of hydrogen-bond donors (Lipinski definition) is 0. The van der Waals surface area contributed by atoms with Gasteiger partial charge < -0.3 is 0 Å². The van der Waals surface area contributed by atoms with E-state index in [9.17, 15) is 0 Å². The van der Waals surface area contributed by atoms with Crippen LogP contribution < -0.4 is 0 Å². The van der Waals surface area contributed by atoms with Gasteiger partial charge in [-0.1, -0.05) is 151 Å². The molecule has 8 aromatic rings. The van der Waals surface area contributed by atoms with Crippen LogP contribution in [0.1, 0.15) is 52.7 Å². The van der Waals surface area contributed by atoms with Gasteiger partial charge in [-0.15, -0.1) is 0 Å². The fourth-order valence-corrected chi connectivity index (χ4v) is 7.08. The highest BCUT2D eigenvalue weighted by atomic mass is 14.2. The Bertz CT molecular complexity index is 2270. The largest absolute Gasteiger partial charge is 0.0578 e. The maximum absolute atomic E-state index is 2.37. The van der Waals surface area contributed by atoms with Gasteiger partial charge in [-0.3, -0.25) is 0 Å². The molecule has 0 radical (unpaired) electrons. The Hall–Kier alpha value is -4.68. The summed E-state index contributed by atoms with van der Waals surface area (Å²) in [5.41, 5.74) is 5.51. The van der Waals surface area contributed by atoms with Gasteiger partial charge in [0.1, 0.15) is 0 Å². The molecule has 0 N–H and O–H groups in total. The molecule has 8 rings (SSSR count). The van der Waals surface area contributed by atoms with E-state index in [0.717, 1.165) is 0 Å². The van der Waals surface area contributed by atoms with Crippen LogP contribution in [0.4, 0.5) is 0 Å². The van der Waals surface area contributed by atoms with E-state index >= 15 is 0 Å². The van der Waals surface area contributed by atoms with E-state index < -0.39 is 0 Å². The minimum Gasteiger partial charge on any atom is -0.0578 e. The number of hydrogen-bond acceptors (Lipinski definition) is 0. The van der Waals surface area contributed by atoms with Crippen LogP contribution in [-0.2, 0) is 10.8 Å². The highest BCUT2D eigenvalue weighted by molar-refractivity contribution is 6.22. The zero-order valence-electron chi connectivity index (χ0n) is 26.5. The maximum Gasteiger partial charge on any atom is -0.00268 e. The van der Waals surface area contributed by atoms with E-state index in [-0.39, 0.29) is 10.8 Å². The zero-order chi connectivity index (χ0) is 30.4. The molecule has 0 amide bonds. The third-order valence-corrected chi connectivity index (χ3v) is 9.70. The predicted molar refractivity (Wildman–Crippen MR) is 194 cm³/mol. The lowest BCUT2D eigenvalue weighted by Crippen LogP contribution is -2.10. The van der Waals surface area contributed by atoms with Gasteiger partial charge in [0.2, 0.25) is 0 Å². The molecule has 0 saturated carbocycles. The number of benzene rings is 8. The van der Waals surface area contributed by atoms with Gasteiger partial charge in [0.15, 0.2) is 0 Å². The molecule has 8 aromatic carbocycles. The molecule has 44 heavy (non-hydrogen) atoms. The summed E-state index contributed by atoms with van der Waals surface area (Å²) in [5.74, 6) is 0. The Morgan fingerprint density at radius 2 is 0.591 bits per heavy atom. The molecule has 0 unspecified atom stereocenters. The Morgan fingerprint density at radius 3 is 0.932 bits per heavy atom. The van der Waals surface area contributed by atoms with Crippen LogP contribution in [0.15, 0.2) is 121 Å². The summed E-state index contributed by atoms with van der Waals surface area (Å²) in [5, 5.41) is 15.7. The topological polar surface area (TPSA) is 0 Å². The normalized spacial score (nSPS) is 12.8. The second-order valence-corrected chi connectivity index (χ2v) is 14.7. The lowest BCUT2D eigenvalue weighted by Gasteiger charge is -2.20. The molecule has 0 aliphatic carbocycles. The van der Waals surface area contributed by atoms with E-state index in [2.05, 4.69) is 163 Å². The van der Waals surface area contributed by atoms with Gasteiger partial charge in [-0.2, -0.15) is 0 Å². The molecule has 0 atom stereocenters. The third kappa shape index (κ3) is 4.27. The summed E-state index contributed by atoms with van der Waals surface area (Å²) in [7, 11) is 0. The monoisotopic (exact) mass is 566 g/mol. The smallest absolute Gasteiger partial charge is 0.00268 e. The van der Waals surface area contributed by atoms with Crippen molar-refractivity contribution in [3.63, 3.8) is 0 Å². The van der Waals surface area contributed by atoms with Crippen molar-refractivity contribution in [2.45, 2.75) is 52.4 Å². The first-order valence-electron chi connectivity index (χ1n) is 15.8. The van der Waals surface area contributed by atoms with Crippen molar-refractivity contribution < 1.29 is 0 Å². The van der Waals surface area contributed by atoms with Crippen molar-refractivity contribution in [3.05, 3.63) is 132 Å². The molecule has 0 heterocycles. The molecule has 214 valence electrons. The first-order chi connectivity index (χ1) is 21.0. The van der Waals surface area contributed by atoms with E-state index in [1.807, 2.05) is 0 Å². The van der Waals surface area contributed by atoms with Gasteiger partial charge in [-0.25, -0.2) is 0 Å². The van der Waals surface area contributed by atoms with Crippen LogP contribution in [0, 0.1) is 0 Å². The van der Waals surface area contributed by atoms with Gasteiger partial charge in [-0.05, 0) is 110 Å². The standard InChI is InChI=1S/C44H38/c1-43(2,3)35-17-21-39-33(25-35)13-9-27-7-11-31-23-29(15-19-37(31)41(27)39)30-16-20-38-32(24-30)12-8-28-10-14-34-26-36(44(4,5)6)18-22-40(34)42(28)38/h7-26H,1-6H3. The lowest BCUT2D eigenvalue weighted by atomic mass is 9.85. The van der Waals surface area contributed by atoms with Crippen molar-refractivity contribution in [2.75, 3.05) is 0 Å². The molecule has 0 spiro atoms. The SMILES string of the molecule is CC(C)(C)c1ccc2c(ccc3ccc4cc(-c5ccc6c(ccc7ccc8cc(C(C)(C)C)ccc8c76)c5)ccc4c32)c1. The highest BCUT2D eigenvalue weighted by Crippen LogP contribution is 2.39. The molecule has 0 heteroatoms. The van der Waals surface area contributed by atoms with Crippen LogP contribution in [-0.4, -0.2) is 0 Å². The van der Waals surface area contributed by atoms with Crippen LogP contribution in [0.5, 0.6) is 0 Å². The minimum absolute atomic E-state index is 0.131. The van der Waals surface area contributed by atoms with Crippen molar-refractivity contribution in [2.24, 2.45) is 0 Å². The van der Waals surface area contributed by atoms with E-state index in [1.54, 1.807) is 0 Å². The molecular formula is C44H38. The summed E-state index contributed by atoms with van der Waals surface area (Å²) in [6.07, 6.45) is 0. The Morgan fingerprint density at radius 1 is 0.295 bits per heavy atom. The molecule has 0 aliphatic rings. The second-order valence-electron chi connectivity index (χ2n) is 14.7. The van der Waals surface area contributed by atoms with E-state index in [0.29, 0.717) is 0 Å². The molecule has 0 fully saturated rings. The van der Waals surface area contributed by atoms with Gasteiger partial charge in [0, 0.05) is 0 Å². The van der Waals surface area contributed by atoms with Gasteiger partial charge >= 0.3 is 0 Å². The van der Waals surface area contributed by atoms with Crippen molar-refractivity contribution in [1.82, 2.24) is 0 Å². The van der Waals surface area contributed by atoms with E-state index in [1.165, 1.54) is 86.9 Å². The van der Waals surface area contributed by atoms with Crippen molar-refractivity contribution in [1.29, 1.82) is 0 Å². The fourth-order valence-electron chi connectivity index (χ4n) is 7.08. The van der Waals surface area contributed by atoms with Crippen LogP contribution in [0.25, 0.3) is 75.8 Å². The van der Waals surface area contributed by atoms with Crippen LogP contribution in [0.2, 0.25) is 0 Å². The zero-order valence-corrected chi connectivity index (χ0v) is 26.5. The van der Waals surface area contributed by atoms with Gasteiger partial charge in [0.25, 0.3) is 0 Å². The quantitative estimate of drug-likeness (QED) is 0.173. The molecule has 0 saturated heterocycles. The van der Waals surface area contributed by atoms with Crippen molar-refractivity contribution in [3.8, 4) is 11.1 Å². The lowest BCUT2D eigenvalue weighted by molar-refractivity contribution is 0.591. The van der Waals surface area contributed by atoms with Crippen LogP contribution >= 0.6 is 0 Å². The maximum atomic E-state index is 2.37. The van der Waals surface area contributed by atoms with E-state index in [4.69, 9.17) is 0 Å². The molecule has 0 bridgehead atoms. The van der Waals surface area contributed by atoms with Gasteiger partial charge in [0.05, 0.1) is 0 Å². The Kier molecular flexibility index (Phi) is 5.75. The molecule has 0 aliphatic heterocycles. The average molecular weight is 567 g/mol. The number of fused-ring (bicyclic) bond motifs is 10. The summed E-state index contributed by atoms with van der Waals surface area (Å²) < 4.78 is 0. The third-order valence-electron chi connectivity index (χ3n) is 9.70. The van der Waals surface area contributed by atoms with Crippen molar-refractivity contribution >= 4 is 64.6 Å². The minimum atomic E-state index is 0.131. The predicted octanol–water partition coefficient (Wildman–Crippen LogP) is 12.9. The molecular weight excluding hydrogens is 528 g/mol. The Labute approximate surface area is 259 Å². The van der Waals surface area contributed by atoms with Crippen LogP contribution in [0.3, 0.4) is 0 Å². The Balaban J connectivity index is 1.27. The summed E-state index contributed by atoms with van der Waals surface area (Å²) in [4.78, 5) is 0. The molecule has 0 aromatic heterocycles. The highest BCUT2D eigenvalue weighted by Gasteiger charge is 2.17. The first-order valence-corrected chi connectivity index (χ1v) is 15.8. The molecule has 0 nitrogen and oxygen atoms in total. The summed E-state index contributed by atoms with van der Waals surface area (Å²) in [6.45, 7) is 13.7. The average Bonchev–Trinajstić information content (AvgIpc) is 3.02. The second kappa shape index (κ2) is 9.41. The fraction of sp³-hybridized carbons (Fsp3) is 0.182.